The van der Waals surface area contributed by atoms with Gasteiger partial charge in [-0.1, -0.05) is 25.1 Å². The minimum atomic E-state index is -0.123. The maximum atomic E-state index is 12.9. The van der Waals surface area contributed by atoms with Crippen LogP contribution in [0.3, 0.4) is 0 Å². The zero-order valence-electron chi connectivity index (χ0n) is 15.9. The molecular formula is C22H21N5O. The summed E-state index contributed by atoms with van der Waals surface area (Å²) in [6.07, 6.45) is 2.60. The van der Waals surface area contributed by atoms with E-state index in [4.69, 9.17) is 5.73 Å². The van der Waals surface area contributed by atoms with E-state index >= 15 is 0 Å². The number of nitrogens with zero attached hydrogens (tertiary/aromatic N) is 3. The number of allylic oxidation sites excluding steroid dienone is 1. The fraction of sp³-hybridized carbons (Fsp3) is 0.227. The molecule has 1 aliphatic heterocycles. The van der Waals surface area contributed by atoms with Crippen LogP contribution in [0.1, 0.15) is 35.5 Å². The summed E-state index contributed by atoms with van der Waals surface area (Å²) in [5, 5.41) is 17.7. The number of aryl methyl sites for hydroxylation is 1. The molecule has 0 radical (unpaired) electrons. The first kappa shape index (κ1) is 17.8. The molecule has 2 aromatic carbocycles. The highest BCUT2D eigenvalue weighted by Gasteiger charge is 2.32. The molecule has 0 spiro atoms. The van der Waals surface area contributed by atoms with Crippen LogP contribution in [0.15, 0.2) is 42.0 Å². The predicted molar refractivity (Wildman–Crippen MR) is 109 cm³/mol. The van der Waals surface area contributed by atoms with Crippen molar-refractivity contribution in [2.75, 3.05) is 12.3 Å². The van der Waals surface area contributed by atoms with Crippen molar-refractivity contribution in [1.82, 2.24) is 15.1 Å². The van der Waals surface area contributed by atoms with Crippen molar-refractivity contribution in [2.24, 2.45) is 0 Å². The lowest BCUT2D eigenvalue weighted by Crippen LogP contribution is -2.26. The number of H-pyrrole nitrogens is 1. The Bertz CT molecular complexity index is 1170. The van der Waals surface area contributed by atoms with Crippen molar-refractivity contribution in [3.05, 3.63) is 58.8 Å². The Morgan fingerprint density at radius 3 is 2.93 bits per heavy atom. The fourth-order valence-electron chi connectivity index (χ4n) is 3.80. The van der Waals surface area contributed by atoms with Crippen LogP contribution in [0.2, 0.25) is 0 Å². The highest BCUT2D eigenvalue weighted by atomic mass is 16.2. The van der Waals surface area contributed by atoms with E-state index in [0.29, 0.717) is 29.9 Å². The zero-order chi connectivity index (χ0) is 19.8. The number of carbonyl (C=O) groups excluding carboxylic acids is 1. The van der Waals surface area contributed by atoms with Gasteiger partial charge >= 0.3 is 0 Å². The third kappa shape index (κ3) is 2.72. The number of aromatic nitrogens is 2. The van der Waals surface area contributed by atoms with Crippen molar-refractivity contribution >= 4 is 22.5 Å². The summed E-state index contributed by atoms with van der Waals surface area (Å²) >= 11 is 0. The Labute approximate surface area is 163 Å². The topological polar surface area (TPSA) is 98.8 Å². The van der Waals surface area contributed by atoms with E-state index in [1.165, 1.54) is 0 Å². The van der Waals surface area contributed by atoms with E-state index in [-0.39, 0.29) is 5.91 Å². The van der Waals surface area contributed by atoms with Crippen LogP contribution in [0.5, 0.6) is 0 Å². The molecule has 0 aliphatic carbocycles. The van der Waals surface area contributed by atoms with Crippen LogP contribution >= 0.6 is 0 Å². The minimum absolute atomic E-state index is 0.123. The van der Waals surface area contributed by atoms with Gasteiger partial charge in [0.25, 0.3) is 5.91 Å². The summed E-state index contributed by atoms with van der Waals surface area (Å²) in [5.74, 6) is -0.123. The molecule has 1 amide bonds. The summed E-state index contributed by atoms with van der Waals surface area (Å²) in [5.41, 5.74) is 12.7. The van der Waals surface area contributed by atoms with E-state index in [2.05, 4.69) is 29.3 Å². The fourth-order valence-corrected chi connectivity index (χ4v) is 3.80. The Morgan fingerprint density at radius 2 is 2.21 bits per heavy atom. The van der Waals surface area contributed by atoms with Crippen LogP contribution in [-0.2, 0) is 13.0 Å². The van der Waals surface area contributed by atoms with E-state index in [9.17, 15) is 10.1 Å². The molecule has 1 aliphatic rings. The first-order valence-electron chi connectivity index (χ1n) is 9.30. The molecule has 28 heavy (non-hydrogen) atoms. The average Bonchev–Trinajstić information content (AvgIpc) is 3.27. The number of fused-ring (bicyclic) bond motifs is 2. The summed E-state index contributed by atoms with van der Waals surface area (Å²) < 4.78 is 0. The second-order valence-corrected chi connectivity index (χ2v) is 6.93. The highest BCUT2D eigenvalue weighted by Crippen LogP contribution is 2.37. The molecule has 0 fully saturated rings. The monoisotopic (exact) mass is 371 g/mol. The number of nitriles is 1. The van der Waals surface area contributed by atoms with Gasteiger partial charge in [0.15, 0.2) is 0 Å². The SMILES string of the molecule is C/C=C(\C#N)CN1Cc2c(-c3ccc4n[nH]c(CC)c4c3)ccc(N)c2C1=O. The molecule has 0 atom stereocenters. The first-order chi connectivity index (χ1) is 13.6. The van der Waals surface area contributed by atoms with Gasteiger partial charge in [-0.2, -0.15) is 10.4 Å². The van der Waals surface area contributed by atoms with Crippen LogP contribution in [-0.4, -0.2) is 27.5 Å². The highest BCUT2D eigenvalue weighted by molar-refractivity contribution is 6.05. The van der Waals surface area contributed by atoms with Gasteiger partial charge in [0.2, 0.25) is 0 Å². The molecule has 3 N–H and O–H groups in total. The van der Waals surface area contributed by atoms with Crippen molar-refractivity contribution < 1.29 is 4.79 Å². The normalized spacial score (nSPS) is 13.8. The number of carbonyl (C=O) groups is 1. The Kier molecular flexibility index (Phi) is 4.36. The third-order valence-corrected chi connectivity index (χ3v) is 5.35. The van der Waals surface area contributed by atoms with E-state index in [1.807, 2.05) is 18.2 Å². The second-order valence-electron chi connectivity index (χ2n) is 6.93. The van der Waals surface area contributed by atoms with Gasteiger partial charge in [0.1, 0.15) is 0 Å². The molecule has 2 heterocycles. The van der Waals surface area contributed by atoms with E-state index in [0.717, 1.165) is 39.7 Å². The van der Waals surface area contributed by atoms with Gasteiger partial charge in [-0.25, -0.2) is 0 Å². The third-order valence-electron chi connectivity index (χ3n) is 5.35. The molecule has 140 valence electrons. The Balaban J connectivity index is 1.81. The number of amides is 1. The molecule has 1 aromatic heterocycles. The van der Waals surface area contributed by atoms with E-state index in [1.54, 1.807) is 24.0 Å². The van der Waals surface area contributed by atoms with Gasteiger partial charge in [0.05, 0.1) is 23.7 Å². The predicted octanol–water partition coefficient (Wildman–Crippen LogP) is 3.80. The lowest BCUT2D eigenvalue weighted by atomic mass is 9.94. The Hall–Kier alpha value is -3.59. The van der Waals surface area contributed by atoms with Crippen LogP contribution < -0.4 is 5.73 Å². The number of benzene rings is 2. The zero-order valence-corrected chi connectivity index (χ0v) is 15.9. The number of hydrogen-bond acceptors (Lipinski definition) is 4. The van der Waals surface area contributed by atoms with Crippen LogP contribution in [0.25, 0.3) is 22.0 Å². The maximum absolute atomic E-state index is 12.9. The van der Waals surface area contributed by atoms with Crippen molar-refractivity contribution in [3.8, 4) is 17.2 Å². The molecule has 0 saturated heterocycles. The van der Waals surface area contributed by atoms with Gasteiger partial charge in [-0.05, 0) is 48.2 Å². The number of nitrogens with one attached hydrogen (secondary N) is 1. The number of nitrogen functional groups attached to an aromatic ring is 1. The lowest BCUT2D eigenvalue weighted by Gasteiger charge is -2.14. The number of nitrogens with two attached hydrogens (primary N) is 1. The number of rotatable bonds is 4. The lowest BCUT2D eigenvalue weighted by molar-refractivity contribution is 0.0794. The Morgan fingerprint density at radius 1 is 1.39 bits per heavy atom. The molecule has 6 nitrogen and oxygen atoms in total. The van der Waals surface area contributed by atoms with Gasteiger partial charge < -0.3 is 10.6 Å². The molecule has 4 rings (SSSR count). The van der Waals surface area contributed by atoms with Gasteiger partial charge in [-0.15, -0.1) is 0 Å². The summed E-state index contributed by atoms with van der Waals surface area (Å²) in [7, 11) is 0. The number of aromatic amines is 1. The van der Waals surface area contributed by atoms with Crippen LogP contribution in [0.4, 0.5) is 5.69 Å². The molecular weight excluding hydrogens is 350 g/mol. The molecule has 0 unspecified atom stereocenters. The number of anilines is 1. The molecule has 0 saturated carbocycles. The quantitative estimate of drug-likeness (QED) is 0.538. The summed E-state index contributed by atoms with van der Waals surface area (Å²) in [6.45, 7) is 4.63. The first-order valence-corrected chi connectivity index (χ1v) is 9.30. The minimum Gasteiger partial charge on any atom is -0.398 e. The van der Waals surface area contributed by atoms with Gasteiger partial charge in [-0.3, -0.25) is 9.89 Å². The second kappa shape index (κ2) is 6.86. The van der Waals surface area contributed by atoms with Gasteiger partial charge in [0, 0.05) is 28.9 Å². The molecule has 3 aromatic rings. The van der Waals surface area contributed by atoms with E-state index < -0.39 is 0 Å². The smallest absolute Gasteiger partial charge is 0.256 e. The number of hydrogen-bond donors (Lipinski definition) is 2. The molecule has 0 bridgehead atoms. The maximum Gasteiger partial charge on any atom is 0.256 e. The molecule has 6 heteroatoms. The van der Waals surface area contributed by atoms with Crippen molar-refractivity contribution in [2.45, 2.75) is 26.8 Å². The van der Waals surface area contributed by atoms with Crippen LogP contribution in [0, 0.1) is 11.3 Å². The standard InChI is InChI=1S/C22H21N5O/c1-3-13(10-23)11-27-12-17-15(6-7-18(24)21(17)22(27)28)14-5-8-20-16(9-14)19(4-2)25-26-20/h3,5-9H,4,11-12,24H2,1-2H3,(H,25,26)/b13-3+. The van der Waals surface area contributed by atoms with Crippen molar-refractivity contribution in [1.29, 1.82) is 5.26 Å². The average molecular weight is 371 g/mol. The summed E-state index contributed by atoms with van der Waals surface area (Å²) in [4.78, 5) is 14.6. The summed E-state index contributed by atoms with van der Waals surface area (Å²) in [6, 6.07) is 12.0. The van der Waals surface area contributed by atoms with Crippen molar-refractivity contribution in [3.63, 3.8) is 0 Å². The largest absolute Gasteiger partial charge is 0.398 e.